The highest BCUT2D eigenvalue weighted by Crippen LogP contribution is 2.07. The Labute approximate surface area is 107 Å². The number of hydrogen-bond donors (Lipinski definition) is 1. The summed E-state index contributed by atoms with van der Waals surface area (Å²) in [4.78, 5) is 0. The normalized spacial score (nSPS) is 23.2. The first-order valence-electron chi connectivity index (χ1n) is 6.23. The maximum atomic E-state index is 11.3. The van der Waals surface area contributed by atoms with Gasteiger partial charge in [-0.05, 0) is 11.1 Å². The van der Waals surface area contributed by atoms with Crippen molar-refractivity contribution in [1.29, 1.82) is 0 Å². The lowest BCUT2D eigenvalue weighted by Gasteiger charge is -2.21. The maximum Gasteiger partial charge on any atom is 0.194 e. The minimum absolute atomic E-state index is 0.203. The zero-order chi connectivity index (χ0) is 12.8. The molecule has 1 N–H and O–H groups in total. The van der Waals surface area contributed by atoms with Crippen LogP contribution in [0.25, 0.3) is 6.08 Å². The molecule has 0 aromatic heterocycles. The summed E-state index contributed by atoms with van der Waals surface area (Å²) in [6.45, 7) is 5.94. The molecule has 4 heteroatoms. The molecule has 4 nitrogen and oxygen atoms in total. The molecule has 0 bridgehead atoms. The third-order valence-electron chi connectivity index (χ3n) is 3.04. The molecule has 2 unspecified atom stereocenters. The first-order valence-corrected chi connectivity index (χ1v) is 6.23. The predicted molar refractivity (Wildman–Crippen MR) is 69.7 cm³/mol. The minimum atomic E-state index is -0.242. The molecule has 0 aliphatic carbocycles. The van der Waals surface area contributed by atoms with E-state index in [0.29, 0.717) is 32.8 Å². The fraction of sp³-hybridized carbons (Fsp3) is 0.429. The predicted octanol–water partition coefficient (Wildman–Crippen LogP) is 0.975. The average Bonchev–Trinajstić information content (AvgIpc) is 2.81. The standard InChI is InChI=1S/C14H19NO3/c1-2-12-3-5-13(6-4-12)11-17-9-7-14-15(16)8-10-18-14/h2-6,14-15H,1,7-11H2. The van der Waals surface area contributed by atoms with E-state index in [4.69, 9.17) is 9.47 Å². The highest BCUT2D eigenvalue weighted by molar-refractivity contribution is 5.47. The summed E-state index contributed by atoms with van der Waals surface area (Å²) in [5, 5.41) is 11.5. The lowest BCUT2D eigenvalue weighted by Crippen LogP contribution is -3.09. The highest BCUT2D eigenvalue weighted by Gasteiger charge is 2.22. The van der Waals surface area contributed by atoms with Gasteiger partial charge in [0.2, 0.25) is 0 Å². The van der Waals surface area contributed by atoms with Gasteiger partial charge in [0.1, 0.15) is 13.2 Å². The fourth-order valence-electron chi connectivity index (χ4n) is 1.93. The summed E-state index contributed by atoms with van der Waals surface area (Å²) in [5.41, 5.74) is 2.22. The molecule has 1 aromatic carbocycles. The van der Waals surface area contributed by atoms with Gasteiger partial charge in [-0.3, -0.25) is 0 Å². The van der Waals surface area contributed by atoms with Crippen molar-refractivity contribution in [2.75, 3.05) is 19.8 Å². The van der Waals surface area contributed by atoms with E-state index in [1.165, 1.54) is 0 Å². The summed E-state index contributed by atoms with van der Waals surface area (Å²) >= 11 is 0. The van der Waals surface area contributed by atoms with E-state index in [9.17, 15) is 5.21 Å². The molecule has 98 valence electrons. The van der Waals surface area contributed by atoms with Crippen molar-refractivity contribution in [2.24, 2.45) is 0 Å². The van der Waals surface area contributed by atoms with Gasteiger partial charge in [-0.15, -0.1) is 0 Å². The molecule has 1 heterocycles. The summed E-state index contributed by atoms with van der Waals surface area (Å²) in [6, 6.07) is 8.06. The zero-order valence-corrected chi connectivity index (χ0v) is 10.4. The number of nitrogens with one attached hydrogen (secondary N) is 1. The molecule has 1 aliphatic rings. The van der Waals surface area contributed by atoms with Crippen molar-refractivity contribution in [2.45, 2.75) is 19.3 Å². The molecule has 1 fully saturated rings. The molecule has 0 spiro atoms. The van der Waals surface area contributed by atoms with Gasteiger partial charge < -0.3 is 19.7 Å². The molecule has 2 rings (SSSR count). The van der Waals surface area contributed by atoms with Gasteiger partial charge in [0, 0.05) is 0 Å². The Morgan fingerprint density at radius 3 is 2.83 bits per heavy atom. The highest BCUT2D eigenvalue weighted by atomic mass is 16.6. The van der Waals surface area contributed by atoms with E-state index in [-0.39, 0.29) is 11.3 Å². The van der Waals surface area contributed by atoms with Gasteiger partial charge in [0.05, 0.1) is 19.6 Å². The lowest BCUT2D eigenvalue weighted by atomic mass is 10.1. The molecule has 1 saturated heterocycles. The molecular weight excluding hydrogens is 230 g/mol. The molecular formula is C14H19NO3. The average molecular weight is 249 g/mol. The van der Waals surface area contributed by atoms with Crippen molar-refractivity contribution in [3.05, 3.63) is 47.2 Å². The Morgan fingerprint density at radius 1 is 1.44 bits per heavy atom. The maximum absolute atomic E-state index is 11.3. The molecule has 0 radical (unpaired) electrons. The van der Waals surface area contributed by atoms with Gasteiger partial charge in [0.25, 0.3) is 0 Å². The van der Waals surface area contributed by atoms with Crippen LogP contribution in [-0.4, -0.2) is 26.0 Å². The van der Waals surface area contributed by atoms with E-state index >= 15 is 0 Å². The van der Waals surface area contributed by atoms with E-state index in [2.05, 4.69) is 6.58 Å². The smallest absolute Gasteiger partial charge is 0.194 e. The summed E-state index contributed by atoms with van der Waals surface area (Å²) in [5.74, 6) is 0. The second-order valence-electron chi connectivity index (χ2n) is 4.36. The number of rotatable bonds is 6. The zero-order valence-electron chi connectivity index (χ0n) is 10.4. The van der Waals surface area contributed by atoms with E-state index in [0.717, 1.165) is 11.1 Å². The van der Waals surface area contributed by atoms with Crippen LogP contribution in [-0.2, 0) is 16.1 Å². The number of hydrogen-bond acceptors (Lipinski definition) is 3. The first-order chi connectivity index (χ1) is 8.79. The molecule has 1 aromatic rings. The van der Waals surface area contributed by atoms with E-state index < -0.39 is 0 Å². The van der Waals surface area contributed by atoms with Crippen molar-refractivity contribution in [3.8, 4) is 0 Å². The van der Waals surface area contributed by atoms with Crippen molar-refractivity contribution in [3.63, 3.8) is 0 Å². The molecule has 2 atom stereocenters. The van der Waals surface area contributed by atoms with Crippen molar-refractivity contribution in [1.82, 2.24) is 0 Å². The van der Waals surface area contributed by atoms with Gasteiger partial charge in [-0.1, -0.05) is 36.9 Å². The quantitative estimate of drug-likeness (QED) is 0.604. The lowest BCUT2D eigenvalue weighted by molar-refractivity contribution is -0.875. The summed E-state index contributed by atoms with van der Waals surface area (Å²) in [6.07, 6.45) is 2.23. The largest absolute Gasteiger partial charge is 0.632 e. The Hall–Kier alpha value is -1.20. The second-order valence-corrected chi connectivity index (χ2v) is 4.36. The number of quaternary nitrogens is 1. The van der Waals surface area contributed by atoms with Crippen LogP contribution in [0.4, 0.5) is 0 Å². The molecule has 18 heavy (non-hydrogen) atoms. The van der Waals surface area contributed by atoms with Gasteiger partial charge in [-0.2, -0.15) is 0 Å². The number of benzene rings is 1. The third kappa shape index (κ3) is 3.65. The minimum Gasteiger partial charge on any atom is -0.632 e. The fourth-order valence-corrected chi connectivity index (χ4v) is 1.93. The third-order valence-corrected chi connectivity index (χ3v) is 3.04. The van der Waals surface area contributed by atoms with Crippen LogP contribution in [0.3, 0.4) is 0 Å². The molecule has 1 aliphatic heterocycles. The second kappa shape index (κ2) is 6.66. The Kier molecular flexibility index (Phi) is 4.90. The topological polar surface area (TPSA) is 46.0 Å². The van der Waals surface area contributed by atoms with E-state index in [1.807, 2.05) is 30.3 Å². The van der Waals surface area contributed by atoms with Gasteiger partial charge >= 0.3 is 0 Å². The van der Waals surface area contributed by atoms with Crippen LogP contribution < -0.4 is 5.06 Å². The SMILES string of the molecule is C=Cc1ccc(COCCC2OCC[NH+]2[O-])cc1. The summed E-state index contributed by atoms with van der Waals surface area (Å²) in [7, 11) is 0. The first kappa shape index (κ1) is 13.2. The Bertz CT molecular complexity index is 377. The van der Waals surface area contributed by atoms with Crippen LogP contribution in [0.5, 0.6) is 0 Å². The van der Waals surface area contributed by atoms with Crippen molar-refractivity contribution >= 4 is 6.08 Å². The van der Waals surface area contributed by atoms with Crippen LogP contribution in [0, 0.1) is 5.21 Å². The summed E-state index contributed by atoms with van der Waals surface area (Å²) < 4.78 is 10.9. The molecule has 0 amide bonds. The van der Waals surface area contributed by atoms with Crippen molar-refractivity contribution < 1.29 is 14.5 Å². The monoisotopic (exact) mass is 249 g/mol. The molecule has 0 saturated carbocycles. The number of ether oxygens (including phenoxy) is 2. The van der Waals surface area contributed by atoms with Crippen LogP contribution in [0.2, 0.25) is 0 Å². The van der Waals surface area contributed by atoms with Crippen LogP contribution >= 0.6 is 0 Å². The Morgan fingerprint density at radius 2 is 2.22 bits per heavy atom. The van der Waals surface area contributed by atoms with Crippen LogP contribution in [0.15, 0.2) is 30.8 Å². The van der Waals surface area contributed by atoms with Crippen LogP contribution in [0.1, 0.15) is 17.5 Å². The number of hydroxylamine groups is 2. The van der Waals surface area contributed by atoms with Gasteiger partial charge in [-0.25, -0.2) is 0 Å². The Balaban J connectivity index is 1.66. The van der Waals surface area contributed by atoms with E-state index in [1.54, 1.807) is 0 Å². The van der Waals surface area contributed by atoms with Gasteiger partial charge in [0.15, 0.2) is 6.23 Å².